The van der Waals surface area contributed by atoms with Gasteiger partial charge in [-0.05, 0) is 36.2 Å². The molecule has 128 valence electrons. The van der Waals surface area contributed by atoms with Crippen molar-refractivity contribution in [2.45, 2.75) is 23.0 Å². The number of aromatic nitrogens is 1. The van der Waals surface area contributed by atoms with E-state index in [9.17, 15) is 13.9 Å². The molecule has 1 aliphatic heterocycles. The van der Waals surface area contributed by atoms with Crippen LogP contribution in [0.5, 0.6) is 0 Å². The van der Waals surface area contributed by atoms with Crippen LogP contribution in [-0.4, -0.2) is 19.5 Å². The monoisotopic (exact) mass is 353 g/mol. The maximum atomic E-state index is 13.6. The van der Waals surface area contributed by atoms with E-state index in [4.69, 9.17) is 0 Å². The molecule has 1 aliphatic rings. The molecule has 0 radical (unpaired) electrons. The molecule has 25 heavy (non-hydrogen) atoms. The molecule has 1 unspecified atom stereocenters. The van der Waals surface area contributed by atoms with Crippen LogP contribution < -0.4 is 0 Å². The van der Waals surface area contributed by atoms with Crippen molar-refractivity contribution >= 4 is 16.4 Å². The molecule has 2 aromatic carbocycles. The van der Waals surface area contributed by atoms with Gasteiger partial charge in [0.25, 0.3) is 0 Å². The van der Waals surface area contributed by atoms with E-state index < -0.39 is 15.3 Å². The van der Waals surface area contributed by atoms with Crippen molar-refractivity contribution in [3.05, 3.63) is 84.2 Å². The van der Waals surface area contributed by atoms with Crippen LogP contribution in [0.25, 0.3) is 5.69 Å². The molecule has 1 atom stereocenters. The number of rotatable bonds is 2. The molecule has 0 spiro atoms. The number of carbonyl (C=O) groups excluding carboxylic acids is 1. The Bertz CT molecular complexity index is 948. The highest BCUT2D eigenvalue weighted by Crippen LogP contribution is 2.68. The smallest absolute Gasteiger partial charge is 0.209 e. The van der Waals surface area contributed by atoms with Crippen molar-refractivity contribution < 1.29 is 13.9 Å². The second-order valence-electron chi connectivity index (χ2n) is 6.16. The van der Waals surface area contributed by atoms with E-state index in [0.29, 0.717) is 21.8 Å². The Morgan fingerprint density at radius 2 is 1.64 bits per heavy atom. The molecule has 5 heteroatoms. The van der Waals surface area contributed by atoms with Crippen LogP contribution in [0.4, 0.5) is 0 Å². The lowest BCUT2D eigenvalue weighted by Crippen LogP contribution is -2.40. The number of ketones is 1. The Balaban J connectivity index is 2.15. The van der Waals surface area contributed by atoms with E-state index in [1.165, 1.54) is 0 Å². The van der Waals surface area contributed by atoms with Crippen LogP contribution in [0.15, 0.2) is 77.8 Å². The van der Waals surface area contributed by atoms with Gasteiger partial charge in [-0.15, -0.1) is 0 Å². The third-order valence-electron chi connectivity index (χ3n) is 5.00. The van der Waals surface area contributed by atoms with Crippen LogP contribution in [0, 0.1) is 0 Å². The first kappa shape index (κ1) is 16.1. The largest absolute Gasteiger partial charge is 0.312 e. The van der Waals surface area contributed by atoms with Gasteiger partial charge in [0.15, 0.2) is 4.75 Å². The van der Waals surface area contributed by atoms with Crippen LogP contribution in [0.2, 0.25) is 0 Å². The van der Waals surface area contributed by atoms with E-state index >= 15 is 0 Å². The lowest BCUT2D eigenvalue weighted by atomic mass is 9.89. The summed E-state index contributed by atoms with van der Waals surface area (Å²) in [6.45, 7) is 1.83. The van der Waals surface area contributed by atoms with Crippen LogP contribution in [0.3, 0.4) is 0 Å². The third-order valence-corrected chi connectivity index (χ3v) is 7.64. The molecule has 2 N–H and O–H groups in total. The summed E-state index contributed by atoms with van der Waals surface area (Å²) >= 11 is 0. The minimum atomic E-state index is -3.44. The van der Waals surface area contributed by atoms with Gasteiger partial charge in [0.05, 0.1) is 16.3 Å². The van der Waals surface area contributed by atoms with Crippen LogP contribution in [0.1, 0.15) is 29.4 Å². The lowest BCUT2D eigenvalue weighted by Gasteiger charge is -2.48. The molecule has 0 saturated carbocycles. The van der Waals surface area contributed by atoms with Gasteiger partial charge in [-0.1, -0.05) is 49.4 Å². The SMILES string of the molecule is CCC1(c2ccccc2)C(=O)c2cccn2-c2ccccc2S1(O)O. The summed E-state index contributed by atoms with van der Waals surface area (Å²) in [7, 11) is -3.44. The maximum absolute atomic E-state index is 13.6. The molecule has 0 fully saturated rings. The van der Waals surface area contributed by atoms with E-state index in [1.807, 2.05) is 43.3 Å². The average Bonchev–Trinajstić information content (AvgIpc) is 3.11. The Kier molecular flexibility index (Phi) is 3.61. The predicted octanol–water partition coefficient (Wildman–Crippen LogP) is 5.09. The first-order valence-electron chi connectivity index (χ1n) is 8.19. The summed E-state index contributed by atoms with van der Waals surface area (Å²) in [4.78, 5) is 14.0. The summed E-state index contributed by atoms with van der Waals surface area (Å²) < 4.78 is 23.2. The summed E-state index contributed by atoms with van der Waals surface area (Å²) in [6.07, 6.45) is 2.08. The Hall–Kier alpha value is -2.34. The zero-order valence-corrected chi connectivity index (χ0v) is 14.6. The summed E-state index contributed by atoms with van der Waals surface area (Å²) in [5, 5.41) is 0. The second kappa shape index (κ2) is 5.59. The number of Topliss-reactive ketones (excluding diaryl/α,β-unsaturated/α-hetero) is 1. The lowest BCUT2D eigenvalue weighted by molar-refractivity contribution is 0.0922. The van der Waals surface area contributed by atoms with Gasteiger partial charge < -0.3 is 4.57 Å². The third kappa shape index (κ3) is 2.00. The molecule has 0 saturated heterocycles. The Labute approximate surface area is 148 Å². The van der Waals surface area contributed by atoms with Crippen LogP contribution >= 0.6 is 10.6 Å². The number of hydrogen-bond donors (Lipinski definition) is 2. The van der Waals surface area contributed by atoms with E-state index in [2.05, 4.69) is 0 Å². The molecule has 0 bridgehead atoms. The molecule has 4 nitrogen and oxygen atoms in total. The fourth-order valence-electron chi connectivity index (χ4n) is 3.77. The van der Waals surface area contributed by atoms with E-state index in [0.717, 1.165) is 0 Å². The van der Waals surface area contributed by atoms with Gasteiger partial charge in [0, 0.05) is 6.20 Å². The van der Waals surface area contributed by atoms with Gasteiger partial charge in [-0.3, -0.25) is 13.9 Å². The number of para-hydroxylation sites is 1. The van der Waals surface area contributed by atoms with Crippen molar-refractivity contribution in [1.82, 2.24) is 4.57 Å². The fourth-order valence-corrected chi connectivity index (χ4v) is 6.10. The quantitative estimate of drug-likeness (QED) is 0.674. The molecule has 2 heterocycles. The van der Waals surface area contributed by atoms with Gasteiger partial charge in [-0.2, -0.15) is 10.6 Å². The van der Waals surface area contributed by atoms with E-state index in [-0.39, 0.29) is 12.2 Å². The molecule has 4 rings (SSSR count). The minimum Gasteiger partial charge on any atom is -0.312 e. The van der Waals surface area contributed by atoms with Crippen molar-refractivity contribution in [2.75, 3.05) is 0 Å². The van der Waals surface area contributed by atoms with Gasteiger partial charge in [-0.25, -0.2) is 0 Å². The zero-order chi connectivity index (χ0) is 17.7. The molecule has 0 aliphatic carbocycles. The first-order chi connectivity index (χ1) is 12.0. The zero-order valence-electron chi connectivity index (χ0n) is 13.8. The average molecular weight is 353 g/mol. The Morgan fingerprint density at radius 3 is 2.36 bits per heavy atom. The number of nitrogens with zero attached hydrogens (tertiary/aromatic N) is 1. The van der Waals surface area contributed by atoms with Gasteiger partial charge in [0.2, 0.25) is 5.78 Å². The van der Waals surface area contributed by atoms with Crippen molar-refractivity contribution in [3.8, 4) is 5.69 Å². The Morgan fingerprint density at radius 1 is 0.960 bits per heavy atom. The van der Waals surface area contributed by atoms with Gasteiger partial charge >= 0.3 is 0 Å². The van der Waals surface area contributed by atoms with Crippen LogP contribution in [-0.2, 0) is 4.75 Å². The van der Waals surface area contributed by atoms with E-state index in [1.54, 1.807) is 41.1 Å². The minimum absolute atomic E-state index is 0.262. The highest BCUT2D eigenvalue weighted by atomic mass is 32.3. The van der Waals surface area contributed by atoms with Crippen molar-refractivity contribution in [3.63, 3.8) is 0 Å². The fraction of sp³-hybridized carbons (Fsp3) is 0.150. The molecule has 0 amide bonds. The van der Waals surface area contributed by atoms with Crippen molar-refractivity contribution in [1.29, 1.82) is 0 Å². The van der Waals surface area contributed by atoms with Gasteiger partial charge in [0.1, 0.15) is 0 Å². The maximum Gasteiger partial charge on any atom is 0.209 e. The van der Waals surface area contributed by atoms with Crippen molar-refractivity contribution in [2.24, 2.45) is 0 Å². The highest BCUT2D eigenvalue weighted by Gasteiger charge is 2.54. The first-order valence-corrected chi connectivity index (χ1v) is 9.73. The second-order valence-corrected chi connectivity index (χ2v) is 8.39. The number of benzene rings is 2. The molecular formula is C20H19NO3S. The number of fused-ring (bicyclic) bond motifs is 3. The normalized spacial score (nSPS) is 22.6. The summed E-state index contributed by atoms with van der Waals surface area (Å²) in [5.41, 5.74) is 1.74. The topological polar surface area (TPSA) is 62.5 Å². The molecule has 3 aromatic rings. The molecule has 1 aromatic heterocycles. The number of hydrogen-bond acceptors (Lipinski definition) is 3. The standard InChI is InChI=1S/C20H19NO3S/c1-2-20(15-9-4-3-5-10-15)19(22)17-12-8-14-21(17)16-11-6-7-13-18(16)25(20,23)24/h3-14,23-24H,2H2,1H3. The molecular weight excluding hydrogens is 334 g/mol. The summed E-state index contributed by atoms with van der Waals surface area (Å²) in [5.74, 6) is -0.262. The summed E-state index contributed by atoms with van der Waals surface area (Å²) in [6, 6.07) is 19.8. The highest BCUT2D eigenvalue weighted by molar-refractivity contribution is 8.25. The number of carbonyl (C=O) groups is 1. The predicted molar refractivity (Wildman–Crippen MR) is 99.6 cm³/mol.